The number of pyridine rings is 2. The Balaban J connectivity index is 1.08. The zero-order valence-electron chi connectivity index (χ0n) is 30.0. The zero-order chi connectivity index (χ0) is 37.8. The van der Waals surface area contributed by atoms with Gasteiger partial charge >= 0.3 is 0 Å². The van der Waals surface area contributed by atoms with Crippen LogP contribution in [-0.2, 0) is 5.41 Å². The van der Waals surface area contributed by atoms with E-state index in [1.165, 1.54) is 0 Å². The van der Waals surface area contributed by atoms with E-state index in [9.17, 15) is 10.5 Å². The number of nitrogens with zero attached hydrogens (tertiary/aromatic N) is 6. The third kappa shape index (κ3) is 4.13. The van der Waals surface area contributed by atoms with Crippen LogP contribution in [0, 0.1) is 22.7 Å². The molecule has 0 saturated carbocycles. The van der Waals surface area contributed by atoms with Crippen molar-refractivity contribution < 1.29 is 9.47 Å². The first-order chi connectivity index (χ1) is 28.1. The first kappa shape index (κ1) is 31.2. The van der Waals surface area contributed by atoms with Crippen molar-refractivity contribution in [2.75, 3.05) is 4.90 Å². The van der Waals surface area contributed by atoms with E-state index in [4.69, 9.17) is 19.4 Å². The number of hydrogen-bond acceptors (Lipinski definition) is 7. The maximum absolute atomic E-state index is 10.0. The molecule has 6 aromatic carbocycles. The lowest BCUT2D eigenvalue weighted by Crippen LogP contribution is -2.32. The van der Waals surface area contributed by atoms with E-state index in [0.717, 1.165) is 89.7 Å². The normalized spacial score (nSPS) is 13.6. The molecular weight excluding hydrogens is 705 g/mol. The van der Waals surface area contributed by atoms with Gasteiger partial charge in [-0.1, -0.05) is 48.5 Å². The standard InChI is InChI=1S/C49H26N6O2/c50-27-29-13-18-39-33(23-29)34-25-31(55-41-10-2-4-12-44(41)57-46-24-30(28-51)14-19-42(46)55)16-20-40(34)54(39)32-15-17-36-45(26-32)56-43-11-3-1-7-35(43)49(36)37-8-5-21-52-47(37)48-38(49)9-6-22-53-48/h1-26H. The van der Waals surface area contributed by atoms with Crippen molar-refractivity contribution in [3.63, 3.8) is 0 Å². The average Bonchev–Trinajstić information content (AvgIpc) is 3.75. The van der Waals surface area contributed by atoms with Crippen molar-refractivity contribution in [1.29, 1.82) is 10.5 Å². The van der Waals surface area contributed by atoms with Crippen LogP contribution in [0.1, 0.15) is 33.4 Å². The molecule has 0 saturated heterocycles. The predicted molar refractivity (Wildman–Crippen MR) is 218 cm³/mol. The third-order valence-electron chi connectivity index (χ3n) is 11.6. The van der Waals surface area contributed by atoms with Gasteiger partial charge in [-0.2, -0.15) is 10.5 Å². The fourth-order valence-electron chi connectivity index (χ4n) is 9.29. The van der Waals surface area contributed by atoms with Crippen LogP contribution >= 0.6 is 0 Å². The molecule has 0 amide bonds. The van der Waals surface area contributed by atoms with Gasteiger partial charge in [-0.3, -0.25) is 9.97 Å². The maximum atomic E-state index is 10.0. The van der Waals surface area contributed by atoms with E-state index >= 15 is 0 Å². The lowest BCUT2D eigenvalue weighted by atomic mass is 9.66. The lowest BCUT2D eigenvalue weighted by Gasteiger charge is -2.39. The lowest BCUT2D eigenvalue weighted by molar-refractivity contribution is 0.436. The Labute approximate surface area is 326 Å². The second kappa shape index (κ2) is 11.4. The number of fused-ring (bicyclic) bond motifs is 14. The summed E-state index contributed by atoms with van der Waals surface area (Å²) in [7, 11) is 0. The number of para-hydroxylation sites is 3. The highest BCUT2D eigenvalue weighted by Gasteiger charge is 2.52. The molecule has 5 heterocycles. The van der Waals surface area contributed by atoms with Crippen LogP contribution in [0.25, 0.3) is 38.9 Å². The van der Waals surface area contributed by atoms with Crippen LogP contribution in [0.15, 0.2) is 158 Å². The molecule has 1 spiro atoms. The highest BCUT2D eigenvalue weighted by Crippen LogP contribution is 2.61. The van der Waals surface area contributed by atoms with E-state index in [0.29, 0.717) is 22.6 Å². The first-order valence-corrected chi connectivity index (χ1v) is 18.6. The maximum Gasteiger partial charge on any atom is 0.152 e. The minimum Gasteiger partial charge on any atom is -0.457 e. The topological polar surface area (TPSA) is 100.0 Å². The fraction of sp³-hybridized carbons (Fsp3) is 0.0204. The number of anilines is 3. The Morgan fingerprint density at radius 1 is 0.474 bits per heavy atom. The molecule has 9 aromatic rings. The van der Waals surface area contributed by atoms with Gasteiger partial charge in [-0.05, 0) is 96.1 Å². The minimum absolute atomic E-state index is 0.522. The highest BCUT2D eigenvalue weighted by molar-refractivity contribution is 6.11. The van der Waals surface area contributed by atoms with E-state index < -0.39 is 5.41 Å². The number of benzene rings is 6. The number of hydrogen-bond donors (Lipinski definition) is 0. The molecule has 0 unspecified atom stereocenters. The Morgan fingerprint density at radius 2 is 1.07 bits per heavy atom. The van der Waals surface area contributed by atoms with Gasteiger partial charge in [0.05, 0.1) is 62.5 Å². The zero-order valence-corrected chi connectivity index (χ0v) is 30.0. The SMILES string of the molecule is N#Cc1ccc2c(c1)Oc1ccccc1N2c1ccc2c(c1)c1cc(C#N)ccc1n2-c1ccc2c(c1)Oc1ccccc1C21c2cccnc2-c2ncccc21. The summed E-state index contributed by atoms with van der Waals surface area (Å²) in [6.45, 7) is 0. The van der Waals surface area contributed by atoms with Crippen molar-refractivity contribution in [3.8, 4) is 52.2 Å². The average molecular weight is 731 g/mol. The Bertz CT molecular complexity index is 3270. The molecule has 264 valence electrons. The van der Waals surface area contributed by atoms with Crippen molar-refractivity contribution in [2.24, 2.45) is 0 Å². The molecule has 0 radical (unpaired) electrons. The summed E-state index contributed by atoms with van der Waals surface area (Å²) < 4.78 is 15.4. The molecular formula is C49H26N6O2. The van der Waals surface area contributed by atoms with Crippen LogP contribution in [-0.4, -0.2) is 14.5 Å². The quantitative estimate of drug-likeness (QED) is 0.174. The van der Waals surface area contributed by atoms with Crippen molar-refractivity contribution >= 4 is 38.9 Å². The van der Waals surface area contributed by atoms with Crippen molar-refractivity contribution in [2.45, 2.75) is 5.41 Å². The highest BCUT2D eigenvalue weighted by atomic mass is 16.5. The summed E-state index contributed by atoms with van der Waals surface area (Å²) in [5.74, 6) is 2.83. The van der Waals surface area contributed by atoms with Crippen LogP contribution < -0.4 is 14.4 Å². The van der Waals surface area contributed by atoms with Gasteiger partial charge in [0.15, 0.2) is 11.5 Å². The van der Waals surface area contributed by atoms with Crippen molar-refractivity contribution in [3.05, 3.63) is 191 Å². The molecule has 0 bridgehead atoms. The predicted octanol–water partition coefficient (Wildman–Crippen LogP) is 11.4. The van der Waals surface area contributed by atoms with Crippen LogP contribution in [0.5, 0.6) is 23.0 Å². The Kier molecular flexibility index (Phi) is 6.24. The molecule has 0 atom stereocenters. The van der Waals surface area contributed by atoms with Crippen LogP contribution in [0.3, 0.4) is 0 Å². The summed E-state index contributed by atoms with van der Waals surface area (Å²) in [4.78, 5) is 11.9. The second-order valence-corrected chi connectivity index (χ2v) is 14.4. The molecule has 3 aromatic heterocycles. The van der Waals surface area contributed by atoms with Crippen LogP contribution in [0.2, 0.25) is 0 Å². The van der Waals surface area contributed by atoms with E-state index in [2.05, 4.69) is 82.3 Å². The number of aromatic nitrogens is 3. The van der Waals surface area contributed by atoms with Gasteiger partial charge < -0.3 is 18.9 Å². The minimum atomic E-state index is -0.675. The second-order valence-electron chi connectivity index (χ2n) is 14.4. The Morgan fingerprint density at radius 3 is 1.86 bits per heavy atom. The monoisotopic (exact) mass is 730 g/mol. The molecule has 12 rings (SSSR count). The van der Waals surface area contributed by atoms with Gasteiger partial charge in [-0.15, -0.1) is 0 Å². The summed E-state index contributed by atoms with van der Waals surface area (Å²) in [5, 5.41) is 21.6. The molecule has 0 fully saturated rings. The molecule has 1 aliphatic carbocycles. The molecule has 8 nitrogen and oxygen atoms in total. The summed E-state index contributed by atoms with van der Waals surface area (Å²) in [5.41, 5.74) is 11.9. The number of nitriles is 2. The fourth-order valence-corrected chi connectivity index (χ4v) is 9.29. The summed E-state index contributed by atoms with van der Waals surface area (Å²) in [6.07, 6.45) is 3.66. The van der Waals surface area contributed by atoms with E-state index in [-0.39, 0.29) is 0 Å². The number of ether oxygens (including phenoxy) is 2. The first-order valence-electron chi connectivity index (χ1n) is 18.6. The molecule has 8 heteroatoms. The number of rotatable bonds is 2. The third-order valence-corrected chi connectivity index (χ3v) is 11.6. The van der Waals surface area contributed by atoms with Gasteiger partial charge in [0.2, 0.25) is 0 Å². The largest absolute Gasteiger partial charge is 0.457 e. The van der Waals surface area contributed by atoms with Gasteiger partial charge in [-0.25, -0.2) is 0 Å². The molecule has 57 heavy (non-hydrogen) atoms. The summed E-state index contributed by atoms with van der Waals surface area (Å²) >= 11 is 0. The van der Waals surface area contributed by atoms with Gasteiger partial charge in [0.1, 0.15) is 11.5 Å². The van der Waals surface area contributed by atoms with Gasteiger partial charge in [0.25, 0.3) is 0 Å². The van der Waals surface area contributed by atoms with E-state index in [1.807, 2.05) is 91.3 Å². The smallest absolute Gasteiger partial charge is 0.152 e. The summed E-state index contributed by atoms with van der Waals surface area (Å²) in [6, 6.07) is 53.3. The molecule has 2 aliphatic heterocycles. The molecule has 0 N–H and O–H groups in total. The van der Waals surface area contributed by atoms with Crippen molar-refractivity contribution in [1.82, 2.24) is 14.5 Å². The molecule has 3 aliphatic rings. The Hall–Kier alpha value is -8.20. The van der Waals surface area contributed by atoms with Gasteiger partial charge in [0, 0.05) is 57.8 Å². The van der Waals surface area contributed by atoms with E-state index in [1.54, 1.807) is 6.07 Å². The van der Waals surface area contributed by atoms with Crippen LogP contribution in [0.4, 0.5) is 17.1 Å².